The van der Waals surface area contributed by atoms with Crippen LogP contribution in [0, 0.1) is 0 Å². The van der Waals surface area contributed by atoms with Crippen molar-refractivity contribution < 1.29 is 19.1 Å². The lowest BCUT2D eigenvalue weighted by Gasteiger charge is -2.31. The first-order chi connectivity index (χ1) is 16.0. The molecular weight excluding hydrogens is 452 g/mol. The normalized spacial score (nSPS) is 26.1. The summed E-state index contributed by atoms with van der Waals surface area (Å²) in [7, 11) is 0. The quantitative estimate of drug-likeness (QED) is 0.534. The van der Waals surface area contributed by atoms with Gasteiger partial charge in [0.15, 0.2) is 0 Å². The molecule has 11 nitrogen and oxygen atoms in total. The van der Waals surface area contributed by atoms with E-state index in [9.17, 15) is 14.4 Å². The van der Waals surface area contributed by atoms with Gasteiger partial charge in [-0.15, -0.1) is 0 Å². The number of carbonyl (C=O) groups excluding carboxylic acids is 2. The van der Waals surface area contributed by atoms with Crippen LogP contribution in [0.5, 0.6) is 0 Å². The van der Waals surface area contributed by atoms with Crippen molar-refractivity contribution in [1.82, 2.24) is 25.7 Å². The molecule has 1 atom stereocenters. The second-order valence-electron chi connectivity index (χ2n) is 8.81. The number of hydrogen-bond acceptors (Lipinski definition) is 8. The number of aromatic nitrogens is 2. The summed E-state index contributed by atoms with van der Waals surface area (Å²) in [4.78, 5) is 40.3. The van der Waals surface area contributed by atoms with Crippen LogP contribution in [-0.4, -0.2) is 91.2 Å². The maximum absolute atomic E-state index is 12.4. The number of nitrogens with one attached hydrogen (secondary N) is 3. The van der Waals surface area contributed by atoms with Gasteiger partial charge in [-0.3, -0.25) is 14.5 Å². The molecule has 0 spiro atoms. The summed E-state index contributed by atoms with van der Waals surface area (Å²) in [6.45, 7) is 4.51. The second-order valence-corrected chi connectivity index (χ2v) is 9.19. The molecular formula is C21H31ClN6O5. The maximum Gasteiger partial charge on any atom is 0.407 e. The first-order valence-corrected chi connectivity index (χ1v) is 11.9. The first-order valence-electron chi connectivity index (χ1n) is 11.5. The predicted octanol–water partition coefficient (Wildman–Crippen LogP) is 0.488. The van der Waals surface area contributed by atoms with E-state index in [0.717, 1.165) is 45.2 Å². The number of ether oxygens (including phenoxy) is 2. The average Bonchev–Trinajstić information content (AvgIpc) is 3.25. The van der Waals surface area contributed by atoms with Gasteiger partial charge in [-0.1, -0.05) is 11.6 Å². The number of rotatable bonds is 6. The third kappa shape index (κ3) is 6.58. The summed E-state index contributed by atoms with van der Waals surface area (Å²) in [6.07, 6.45) is 4.68. The summed E-state index contributed by atoms with van der Waals surface area (Å²) in [5.74, 6) is 0.0421. The Morgan fingerprint density at radius 1 is 1.12 bits per heavy atom. The molecule has 33 heavy (non-hydrogen) atoms. The van der Waals surface area contributed by atoms with Crippen LogP contribution in [0.15, 0.2) is 11.0 Å². The Hall–Kier alpha value is -2.37. The van der Waals surface area contributed by atoms with Crippen LogP contribution in [0.2, 0.25) is 5.02 Å². The number of carbonyl (C=O) groups is 2. The van der Waals surface area contributed by atoms with Gasteiger partial charge < -0.3 is 25.0 Å². The smallest absolute Gasteiger partial charge is 0.407 e. The third-order valence-corrected chi connectivity index (χ3v) is 6.78. The minimum Gasteiger partial charge on any atom is -0.446 e. The Morgan fingerprint density at radius 3 is 2.64 bits per heavy atom. The number of anilines is 1. The summed E-state index contributed by atoms with van der Waals surface area (Å²) in [5, 5.41) is 12.2. The molecule has 4 rings (SSSR count). The number of morpholine rings is 1. The van der Waals surface area contributed by atoms with Crippen LogP contribution in [0.4, 0.5) is 10.5 Å². The Labute approximate surface area is 197 Å². The van der Waals surface area contributed by atoms with E-state index in [1.807, 2.05) is 4.90 Å². The highest BCUT2D eigenvalue weighted by Crippen LogP contribution is 2.25. The standard InChI is InChI=1S/C21H31ClN6O5/c22-19-17(11-23-26-20(19)30)28-6-5-15(12-28)25-21(31)33-16-3-1-14(2-4-16)24-18(29)13-27-7-9-32-10-8-27/h11,14-16H,1-10,12-13H2,(H,24,29)(H,25,31)(H,26,30)/t14?,15-,16?/m1/s1. The fourth-order valence-corrected chi connectivity index (χ4v) is 4.81. The van der Waals surface area contributed by atoms with Gasteiger partial charge in [0.1, 0.15) is 11.1 Å². The molecule has 1 aromatic heterocycles. The fourth-order valence-electron chi connectivity index (χ4n) is 4.60. The molecule has 182 valence electrons. The average molecular weight is 483 g/mol. The van der Waals surface area contributed by atoms with Gasteiger partial charge in [0.05, 0.1) is 37.7 Å². The summed E-state index contributed by atoms with van der Waals surface area (Å²) in [6, 6.07) is 0.0286. The largest absolute Gasteiger partial charge is 0.446 e. The highest BCUT2D eigenvalue weighted by atomic mass is 35.5. The minimum absolute atomic E-state index is 0.0421. The Bertz CT molecular complexity index is 884. The van der Waals surface area contributed by atoms with Gasteiger partial charge in [-0.05, 0) is 32.1 Å². The number of aromatic amines is 1. The van der Waals surface area contributed by atoms with E-state index in [1.54, 1.807) is 0 Å². The lowest BCUT2D eigenvalue weighted by Crippen LogP contribution is -2.47. The number of amides is 2. The van der Waals surface area contributed by atoms with Crippen LogP contribution in [0.3, 0.4) is 0 Å². The topological polar surface area (TPSA) is 129 Å². The van der Waals surface area contributed by atoms with E-state index < -0.39 is 11.7 Å². The second kappa shape index (κ2) is 11.2. The van der Waals surface area contributed by atoms with Crippen LogP contribution in [0.25, 0.3) is 0 Å². The van der Waals surface area contributed by atoms with Gasteiger partial charge in [0.2, 0.25) is 5.91 Å². The van der Waals surface area contributed by atoms with E-state index in [-0.39, 0.29) is 29.1 Å². The van der Waals surface area contributed by atoms with Crippen molar-refractivity contribution in [2.45, 2.75) is 50.3 Å². The number of H-pyrrole nitrogens is 1. The zero-order valence-electron chi connectivity index (χ0n) is 18.6. The SMILES string of the molecule is O=C(CN1CCOCC1)NC1CCC(OC(=O)N[C@@H]2CCN(c3cn[nH]c(=O)c3Cl)C2)CC1. The lowest BCUT2D eigenvalue weighted by atomic mass is 9.93. The number of hydrogen-bond donors (Lipinski definition) is 3. The van der Waals surface area contributed by atoms with Gasteiger partial charge in [-0.25, -0.2) is 9.89 Å². The van der Waals surface area contributed by atoms with E-state index in [4.69, 9.17) is 21.1 Å². The van der Waals surface area contributed by atoms with Crippen LogP contribution < -0.4 is 21.1 Å². The molecule has 3 aliphatic rings. The summed E-state index contributed by atoms with van der Waals surface area (Å²) >= 11 is 6.08. The first kappa shape index (κ1) is 23.8. The van der Waals surface area contributed by atoms with Gasteiger partial charge >= 0.3 is 6.09 Å². The van der Waals surface area contributed by atoms with Crippen molar-refractivity contribution in [3.63, 3.8) is 0 Å². The lowest BCUT2D eigenvalue weighted by molar-refractivity contribution is -0.124. The molecule has 1 aromatic rings. The Balaban J connectivity index is 1.14. The molecule has 0 bridgehead atoms. The van der Waals surface area contributed by atoms with E-state index in [0.29, 0.717) is 38.5 Å². The summed E-state index contributed by atoms with van der Waals surface area (Å²) < 4.78 is 10.9. The molecule has 0 unspecified atom stereocenters. The molecule has 12 heteroatoms. The molecule has 2 amide bonds. The van der Waals surface area contributed by atoms with Gasteiger partial charge in [0.25, 0.3) is 5.56 Å². The van der Waals surface area contributed by atoms with Crippen molar-refractivity contribution in [2.75, 3.05) is 50.8 Å². The number of alkyl carbamates (subject to hydrolysis) is 1. The van der Waals surface area contributed by atoms with E-state index in [1.165, 1.54) is 6.20 Å². The molecule has 1 aliphatic carbocycles. The van der Waals surface area contributed by atoms with Gasteiger partial charge in [0, 0.05) is 32.2 Å². The van der Waals surface area contributed by atoms with Crippen molar-refractivity contribution in [3.8, 4) is 0 Å². The summed E-state index contributed by atoms with van der Waals surface area (Å²) in [5.41, 5.74) is 0.130. The number of nitrogens with zero attached hydrogens (tertiary/aromatic N) is 3. The molecule has 0 aromatic carbocycles. The van der Waals surface area contributed by atoms with E-state index in [2.05, 4.69) is 25.7 Å². The minimum atomic E-state index is -0.434. The fraction of sp³-hybridized carbons (Fsp3) is 0.714. The molecule has 1 saturated carbocycles. The van der Waals surface area contributed by atoms with Crippen LogP contribution >= 0.6 is 11.6 Å². The third-order valence-electron chi connectivity index (χ3n) is 6.41. The molecule has 2 saturated heterocycles. The predicted molar refractivity (Wildman–Crippen MR) is 122 cm³/mol. The van der Waals surface area contributed by atoms with Crippen molar-refractivity contribution >= 4 is 29.3 Å². The molecule has 3 fully saturated rings. The van der Waals surface area contributed by atoms with Gasteiger partial charge in [-0.2, -0.15) is 5.10 Å². The number of halogens is 1. The van der Waals surface area contributed by atoms with Crippen LogP contribution in [0.1, 0.15) is 32.1 Å². The monoisotopic (exact) mass is 482 g/mol. The molecule has 3 N–H and O–H groups in total. The van der Waals surface area contributed by atoms with Crippen LogP contribution in [-0.2, 0) is 14.3 Å². The highest BCUT2D eigenvalue weighted by Gasteiger charge is 2.29. The van der Waals surface area contributed by atoms with E-state index >= 15 is 0 Å². The molecule has 2 aliphatic heterocycles. The maximum atomic E-state index is 12.4. The van der Waals surface area contributed by atoms with Crippen molar-refractivity contribution in [1.29, 1.82) is 0 Å². The Morgan fingerprint density at radius 2 is 1.88 bits per heavy atom. The molecule has 0 radical (unpaired) electrons. The Kier molecular flexibility index (Phi) is 8.05. The van der Waals surface area contributed by atoms with Crippen molar-refractivity contribution in [3.05, 3.63) is 21.6 Å². The zero-order chi connectivity index (χ0) is 23.2. The molecule has 3 heterocycles. The zero-order valence-corrected chi connectivity index (χ0v) is 19.3. The van der Waals surface area contributed by atoms with Crippen molar-refractivity contribution in [2.24, 2.45) is 0 Å². The highest BCUT2D eigenvalue weighted by molar-refractivity contribution is 6.33.